The van der Waals surface area contributed by atoms with Crippen molar-refractivity contribution in [3.63, 3.8) is 0 Å². The molecule has 0 saturated carbocycles. The van der Waals surface area contributed by atoms with Gasteiger partial charge in [-0.15, -0.1) is 6.42 Å². The molecule has 1 aromatic carbocycles. The van der Waals surface area contributed by atoms with Gasteiger partial charge in [0.15, 0.2) is 0 Å². The number of benzene rings is 1. The average Bonchev–Trinajstić information content (AvgIpc) is 2.48. The van der Waals surface area contributed by atoms with Gasteiger partial charge in [0.1, 0.15) is 0 Å². The summed E-state index contributed by atoms with van der Waals surface area (Å²) in [6.45, 7) is 12.4. The van der Waals surface area contributed by atoms with Gasteiger partial charge < -0.3 is 5.32 Å². The zero-order chi connectivity index (χ0) is 17.5. The summed E-state index contributed by atoms with van der Waals surface area (Å²) >= 11 is 5.80. The Bertz CT molecular complexity index is 670. The minimum absolute atomic E-state index is 0.171. The second-order valence-electron chi connectivity index (χ2n) is 6.40. The predicted octanol–water partition coefficient (Wildman–Crippen LogP) is 5.97. The quantitative estimate of drug-likeness (QED) is 0.519. The van der Waals surface area contributed by atoms with Gasteiger partial charge in [-0.3, -0.25) is 0 Å². The van der Waals surface area contributed by atoms with Crippen LogP contribution in [0, 0.1) is 17.8 Å². The normalized spacial score (nSPS) is 13.0. The number of nitrogens with one attached hydrogen (secondary N) is 1. The van der Waals surface area contributed by atoms with Crippen LogP contribution in [0.15, 0.2) is 59.8 Å². The van der Waals surface area contributed by atoms with E-state index in [1.54, 1.807) is 19.1 Å². The number of terminal acetylenes is 1. The first-order valence-electron chi connectivity index (χ1n) is 7.47. The van der Waals surface area contributed by atoms with E-state index in [0.717, 1.165) is 16.8 Å². The monoisotopic (exact) mass is 325 g/mol. The lowest BCUT2D eigenvalue weighted by atomic mass is 9.95. The summed E-state index contributed by atoms with van der Waals surface area (Å²) in [5.74, 6) is 2.58. The molecule has 0 unspecified atom stereocenters. The maximum absolute atomic E-state index is 5.80. The first kappa shape index (κ1) is 18.9. The van der Waals surface area contributed by atoms with Crippen LogP contribution in [-0.4, -0.2) is 0 Å². The van der Waals surface area contributed by atoms with E-state index in [1.807, 2.05) is 12.1 Å². The van der Waals surface area contributed by atoms with Gasteiger partial charge in [0, 0.05) is 10.7 Å². The molecule has 0 spiro atoms. The molecule has 0 atom stereocenters. The fraction of sp³-hybridized carbons (Fsp3) is 0.238. The van der Waals surface area contributed by atoms with Crippen LogP contribution in [0.4, 0.5) is 0 Å². The summed E-state index contributed by atoms with van der Waals surface area (Å²) in [6.07, 6.45) is 13.3. The van der Waals surface area contributed by atoms with E-state index in [2.05, 4.69) is 62.9 Å². The lowest BCUT2D eigenvalue weighted by Gasteiger charge is -2.12. The molecule has 23 heavy (non-hydrogen) atoms. The Hall–Kier alpha value is -2.17. The minimum atomic E-state index is 0.171. The van der Waals surface area contributed by atoms with Crippen LogP contribution in [0.25, 0.3) is 11.8 Å². The van der Waals surface area contributed by atoms with Crippen LogP contribution < -0.4 is 5.32 Å². The molecule has 0 heterocycles. The van der Waals surface area contributed by atoms with Gasteiger partial charge in [-0.05, 0) is 35.6 Å². The Morgan fingerprint density at radius 1 is 1.22 bits per heavy atom. The summed E-state index contributed by atoms with van der Waals surface area (Å²) in [6, 6.07) is 8.17. The van der Waals surface area contributed by atoms with Gasteiger partial charge >= 0.3 is 0 Å². The van der Waals surface area contributed by atoms with Crippen molar-refractivity contribution in [3.05, 3.63) is 70.9 Å². The molecule has 1 rings (SSSR count). The highest BCUT2D eigenvalue weighted by Gasteiger charge is 2.04. The van der Waals surface area contributed by atoms with Gasteiger partial charge in [0.2, 0.25) is 0 Å². The van der Waals surface area contributed by atoms with Crippen molar-refractivity contribution in [2.24, 2.45) is 5.41 Å². The molecule has 120 valence electrons. The Kier molecular flexibility index (Phi) is 6.94. The molecule has 0 fully saturated rings. The summed E-state index contributed by atoms with van der Waals surface area (Å²) in [7, 11) is 0. The summed E-state index contributed by atoms with van der Waals surface area (Å²) in [4.78, 5) is 0. The molecule has 1 aromatic rings. The van der Waals surface area contributed by atoms with Gasteiger partial charge in [0.25, 0.3) is 0 Å². The minimum Gasteiger partial charge on any atom is -0.349 e. The molecule has 2 heteroatoms. The number of rotatable bonds is 5. The Morgan fingerprint density at radius 3 is 2.30 bits per heavy atom. The van der Waals surface area contributed by atoms with Crippen LogP contribution >= 0.6 is 11.6 Å². The molecule has 1 N–H and O–H groups in total. The predicted molar refractivity (Wildman–Crippen MR) is 104 cm³/mol. The van der Waals surface area contributed by atoms with Crippen LogP contribution in [0.5, 0.6) is 0 Å². The fourth-order valence-corrected chi connectivity index (χ4v) is 1.76. The highest BCUT2D eigenvalue weighted by Crippen LogP contribution is 2.18. The number of hydrogen-bond acceptors (Lipinski definition) is 1. The van der Waals surface area contributed by atoms with Crippen LogP contribution in [0.1, 0.15) is 38.8 Å². The van der Waals surface area contributed by atoms with Crippen molar-refractivity contribution >= 4 is 23.4 Å². The molecule has 1 nitrogen and oxygen atoms in total. The van der Waals surface area contributed by atoms with Crippen LogP contribution in [-0.2, 0) is 0 Å². The SMILES string of the molecule is C#C/C(=C\C=C(/C)Cl)NC(=C)c1ccc(/C=C/C(C)(C)C)cc1. The van der Waals surface area contributed by atoms with Crippen molar-refractivity contribution in [1.82, 2.24) is 5.32 Å². The standard InChI is InChI=1S/C21H24ClN/c1-7-20(13-8-16(2)22)23-17(3)19-11-9-18(10-12-19)14-15-21(4,5)6/h1,8-15,23H,3H2,2,4-6H3/b15-14+,16-8+,20-13+. The van der Waals surface area contributed by atoms with Gasteiger partial charge in [-0.25, -0.2) is 0 Å². The van der Waals surface area contributed by atoms with E-state index in [0.29, 0.717) is 10.7 Å². The van der Waals surface area contributed by atoms with Crippen molar-refractivity contribution in [2.45, 2.75) is 27.7 Å². The summed E-state index contributed by atoms with van der Waals surface area (Å²) in [5, 5.41) is 3.79. The average molecular weight is 326 g/mol. The van der Waals surface area contributed by atoms with E-state index in [1.165, 1.54) is 0 Å². The molecule has 0 saturated heterocycles. The lowest BCUT2D eigenvalue weighted by Crippen LogP contribution is -2.09. The van der Waals surface area contributed by atoms with Gasteiger partial charge in [-0.2, -0.15) is 0 Å². The molecular formula is C21H24ClN. The second-order valence-corrected chi connectivity index (χ2v) is 7.00. The van der Waals surface area contributed by atoms with Gasteiger partial charge in [-0.1, -0.05) is 81.3 Å². The molecule has 0 aromatic heterocycles. The molecule has 0 aliphatic heterocycles. The smallest absolute Gasteiger partial charge is 0.0895 e. The largest absolute Gasteiger partial charge is 0.349 e. The topological polar surface area (TPSA) is 12.0 Å². The molecule has 0 bridgehead atoms. The van der Waals surface area contributed by atoms with E-state index < -0.39 is 0 Å². The third-order valence-electron chi connectivity index (χ3n) is 2.96. The number of allylic oxidation sites excluding steroid dienone is 5. The molecule has 0 aliphatic carbocycles. The molecule has 0 amide bonds. The van der Waals surface area contributed by atoms with E-state index in [-0.39, 0.29) is 5.41 Å². The molecule has 0 radical (unpaired) electrons. The zero-order valence-corrected chi connectivity index (χ0v) is 15.0. The summed E-state index contributed by atoms with van der Waals surface area (Å²) < 4.78 is 0. The van der Waals surface area contributed by atoms with Crippen molar-refractivity contribution in [2.75, 3.05) is 0 Å². The highest BCUT2D eigenvalue weighted by molar-refractivity contribution is 6.29. The Labute approximate surface area is 145 Å². The Balaban J connectivity index is 2.82. The number of hydrogen-bond donors (Lipinski definition) is 1. The maximum Gasteiger partial charge on any atom is 0.0895 e. The van der Waals surface area contributed by atoms with E-state index in [9.17, 15) is 0 Å². The van der Waals surface area contributed by atoms with Crippen molar-refractivity contribution < 1.29 is 0 Å². The van der Waals surface area contributed by atoms with E-state index >= 15 is 0 Å². The lowest BCUT2D eigenvalue weighted by molar-refractivity contribution is 0.547. The fourth-order valence-electron chi connectivity index (χ4n) is 1.70. The first-order valence-corrected chi connectivity index (χ1v) is 7.85. The molecular weight excluding hydrogens is 302 g/mol. The van der Waals surface area contributed by atoms with Crippen LogP contribution in [0.3, 0.4) is 0 Å². The maximum atomic E-state index is 5.80. The van der Waals surface area contributed by atoms with Crippen LogP contribution in [0.2, 0.25) is 0 Å². The first-order chi connectivity index (χ1) is 10.7. The highest BCUT2D eigenvalue weighted by atomic mass is 35.5. The third-order valence-corrected chi connectivity index (χ3v) is 3.08. The van der Waals surface area contributed by atoms with Gasteiger partial charge in [0.05, 0.1) is 5.70 Å². The van der Waals surface area contributed by atoms with E-state index in [4.69, 9.17) is 18.0 Å². The van der Waals surface area contributed by atoms with Crippen molar-refractivity contribution in [3.8, 4) is 12.3 Å². The summed E-state index contributed by atoms with van der Waals surface area (Å²) in [5.41, 5.74) is 3.69. The second kappa shape index (κ2) is 8.46. The molecule has 0 aliphatic rings. The number of halogens is 1. The Morgan fingerprint density at radius 2 is 1.83 bits per heavy atom. The van der Waals surface area contributed by atoms with Crippen molar-refractivity contribution in [1.29, 1.82) is 0 Å². The third kappa shape index (κ3) is 7.58. The zero-order valence-electron chi connectivity index (χ0n) is 14.3.